The summed E-state index contributed by atoms with van der Waals surface area (Å²) >= 11 is 0. The molecule has 0 spiro atoms. The zero-order valence-electron chi connectivity index (χ0n) is 11.6. The Balaban J connectivity index is 2.48. The third-order valence-corrected chi connectivity index (χ3v) is 3.03. The summed E-state index contributed by atoms with van der Waals surface area (Å²) in [7, 11) is 1.80. The summed E-state index contributed by atoms with van der Waals surface area (Å²) in [6.07, 6.45) is 0. The first-order chi connectivity index (χ1) is 9.54. The van der Waals surface area contributed by atoms with Gasteiger partial charge in [-0.25, -0.2) is 4.98 Å². The predicted molar refractivity (Wildman–Crippen MR) is 76.3 cm³/mol. The molecule has 0 fully saturated rings. The fourth-order valence-electron chi connectivity index (χ4n) is 1.73. The second-order valence-corrected chi connectivity index (χ2v) is 4.34. The lowest BCUT2D eigenvalue weighted by Crippen LogP contribution is -2.21. The zero-order chi connectivity index (χ0) is 14.7. The number of anilines is 2. The van der Waals surface area contributed by atoms with Gasteiger partial charge in [0.05, 0.1) is 17.1 Å². The highest BCUT2D eigenvalue weighted by Gasteiger charge is 2.14. The van der Waals surface area contributed by atoms with Crippen molar-refractivity contribution >= 4 is 17.5 Å². The minimum absolute atomic E-state index is 0.0317. The van der Waals surface area contributed by atoms with Gasteiger partial charge in [-0.3, -0.25) is 0 Å². The molecule has 0 radical (unpaired) electrons. The highest BCUT2D eigenvalue weighted by atomic mass is 16.4. The number of nitrogens with zero attached hydrogens (tertiary/aromatic N) is 5. The average Bonchev–Trinajstić information content (AvgIpc) is 2.48. The number of hydrogen-bond donors (Lipinski definition) is 2. The quantitative estimate of drug-likeness (QED) is 0.378. The molecule has 1 aromatic carbocycles. The molecule has 0 atom stereocenters. The van der Waals surface area contributed by atoms with Crippen LogP contribution in [0.2, 0.25) is 0 Å². The van der Waals surface area contributed by atoms with Gasteiger partial charge in [0.25, 0.3) is 0 Å². The standard InChI is InChI=1S/C13H16N6O/c1-8-9(2)16-17-13(15-8)19(3)11-7-5-4-6-10(11)12(14)18-20/h4-7,20H,1-3H3,(H2,14,18). The lowest BCUT2D eigenvalue weighted by Gasteiger charge is -2.20. The number of benzene rings is 1. The first kappa shape index (κ1) is 13.7. The molecule has 104 valence electrons. The van der Waals surface area contributed by atoms with Crippen LogP contribution >= 0.6 is 0 Å². The number of oxime groups is 1. The van der Waals surface area contributed by atoms with Crippen LogP contribution in [0.15, 0.2) is 29.4 Å². The Labute approximate surface area is 116 Å². The maximum absolute atomic E-state index is 8.85. The SMILES string of the molecule is Cc1nnc(N(C)c2ccccc2/C(N)=N/O)nc1C. The van der Waals surface area contributed by atoms with E-state index in [1.807, 2.05) is 32.0 Å². The number of para-hydroxylation sites is 1. The molecule has 1 heterocycles. The normalized spacial score (nSPS) is 11.4. The van der Waals surface area contributed by atoms with E-state index in [1.54, 1.807) is 18.0 Å². The molecular formula is C13H16N6O. The summed E-state index contributed by atoms with van der Waals surface area (Å²) in [5.74, 6) is 0.482. The summed E-state index contributed by atoms with van der Waals surface area (Å²) in [5.41, 5.74) is 8.60. The highest BCUT2D eigenvalue weighted by molar-refractivity contribution is 6.02. The molecule has 0 saturated heterocycles. The number of amidine groups is 1. The smallest absolute Gasteiger partial charge is 0.249 e. The van der Waals surface area contributed by atoms with Gasteiger partial charge in [0.2, 0.25) is 5.95 Å². The summed E-state index contributed by atoms with van der Waals surface area (Å²) in [5, 5.41) is 20.0. The molecule has 2 aromatic rings. The van der Waals surface area contributed by atoms with Crippen LogP contribution in [0.3, 0.4) is 0 Å². The van der Waals surface area contributed by atoms with Crippen molar-refractivity contribution < 1.29 is 5.21 Å². The van der Waals surface area contributed by atoms with E-state index in [0.29, 0.717) is 11.5 Å². The van der Waals surface area contributed by atoms with Crippen molar-refractivity contribution in [1.29, 1.82) is 0 Å². The summed E-state index contributed by atoms with van der Waals surface area (Å²) in [6.45, 7) is 3.72. The number of rotatable bonds is 3. The Kier molecular flexibility index (Phi) is 3.79. The molecule has 3 N–H and O–H groups in total. The maximum atomic E-state index is 8.85. The Hall–Kier alpha value is -2.70. The minimum Gasteiger partial charge on any atom is -0.409 e. The van der Waals surface area contributed by atoms with Crippen LogP contribution in [-0.4, -0.2) is 33.3 Å². The Morgan fingerprint density at radius 1 is 1.20 bits per heavy atom. The van der Waals surface area contributed by atoms with E-state index in [-0.39, 0.29) is 5.84 Å². The van der Waals surface area contributed by atoms with Crippen molar-refractivity contribution in [2.24, 2.45) is 10.9 Å². The molecular weight excluding hydrogens is 256 g/mol. The molecule has 7 heteroatoms. The van der Waals surface area contributed by atoms with Crippen molar-refractivity contribution in [1.82, 2.24) is 15.2 Å². The monoisotopic (exact) mass is 272 g/mol. The first-order valence-corrected chi connectivity index (χ1v) is 6.03. The van der Waals surface area contributed by atoms with Crippen LogP contribution in [0, 0.1) is 13.8 Å². The van der Waals surface area contributed by atoms with Gasteiger partial charge < -0.3 is 15.8 Å². The number of aromatic nitrogens is 3. The second kappa shape index (κ2) is 5.52. The lowest BCUT2D eigenvalue weighted by molar-refractivity contribution is 0.318. The third-order valence-electron chi connectivity index (χ3n) is 3.03. The Morgan fingerprint density at radius 2 is 1.90 bits per heavy atom. The topological polar surface area (TPSA) is 101 Å². The molecule has 7 nitrogen and oxygen atoms in total. The predicted octanol–water partition coefficient (Wildman–Crippen LogP) is 1.35. The zero-order valence-corrected chi connectivity index (χ0v) is 11.6. The van der Waals surface area contributed by atoms with Crippen molar-refractivity contribution in [2.75, 3.05) is 11.9 Å². The van der Waals surface area contributed by atoms with E-state index in [2.05, 4.69) is 20.3 Å². The van der Waals surface area contributed by atoms with Gasteiger partial charge in [0, 0.05) is 12.6 Å². The van der Waals surface area contributed by atoms with Gasteiger partial charge in [0.1, 0.15) is 0 Å². The van der Waals surface area contributed by atoms with Gasteiger partial charge >= 0.3 is 0 Å². The third kappa shape index (κ3) is 2.51. The number of hydrogen-bond acceptors (Lipinski definition) is 6. The molecule has 0 saturated carbocycles. The van der Waals surface area contributed by atoms with Crippen molar-refractivity contribution in [3.05, 3.63) is 41.2 Å². The largest absolute Gasteiger partial charge is 0.409 e. The summed E-state index contributed by atoms with van der Waals surface area (Å²) in [4.78, 5) is 6.13. The molecule has 1 aromatic heterocycles. The number of aryl methyl sites for hydroxylation is 2. The summed E-state index contributed by atoms with van der Waals surface area (Å²) < 4.78 is 0. The van der Waals surface area contributed by atoms with E-state index in [4.69, 9.17) is 10.9 Å². The van der Waals surface area contributed by atoms with Crippen LogP contribution in [0.4, 0.5) is 11.6 Å². The van der Waals surface area contributed by atoms with Crippen LogP contribution in [-0.2, 0) is 0 Å². The van der Waals surface area contributed by atoms with Gasteiger partial charge in [-0.05, 0) is 26.0 Å². The molecule has 0 aliphatic rings. The van der Waals surface area contributed by atoms with Crippen molar-refractivity contribution in [3.8, 4) is 0 Å². The van der Waals surface area contributed by atoms with Crippen LogP contribution < -0.4 is 10.6 Å². The molecule has 0 aliphatic carbocycles. The number of nitrogens with two attached hydrogens (primary N) is 1. The van der Waals surface area contributed by atoms with E-state index in [9.17, 15) is 0 Å². The first-order valence-electron chi connectivity index (χ1n) is 6.03. The second-order valence-electron chi connectivity index (χ2n) is 4.34. The van der Waals surface area contributed by atoms with Gasteiger partial charge in [0.15, 0.2) is 5.84 Å². The average molecular weight is 272 g/mol. The van der Waals surface area contributed by atoms with E-state index >= 15 is 0 Å². The van der Waals surface area contributed by atoms with Crippen molar-refractivity contribution in [3.63, 3.8) is 0 Å². The highest BCUT2D eigenvalue weighted by Crippen LogP contribution is 2.24. The van der Waals surface area contributed by atoms with Gasteiger partial charge in [-0.1, -0.05) is 17.3 Å². The molecule has 20 heavy (non-hydrogen) atoms. The summed E-state index contributed by atoms with van der Waals surface area (Å²) in [6, 6.07) is 7.26. The Bertz CT molecular complexity index is 655. The van der Waals surface area contributed by atoms with Crippen LogP contribution in [0.1, 0.15) is 17.0 Å². The fourth-order valence-corrected chi connectivity index (χ4v) is 1.73. The molecule has 0 unspecified atom stereocenters. The van der Waals surface area contributed by atoms with E-state index in [1.165, 1.54) is 0 Å². The van der Waals surface area contributed by atoms with Gasteiger partial charge in [-0.15, -0.1) is 5.10 Å². The lowest BCUT2D eigenvalue weighted by atomic mass is 10.1. The van der Waals surface area contributed by atoms with Crippen LogP contribution in [0.5, 0.6) is 0 Å². The molecule has 0 bridgehead atoms. The Morgan fingerprint density at radius 3 is 2.55 bits per heavy atom. The maximum Gasteiger partial charge on any atom is 0.249 e. The molecule has 2 rings (SSSR count). The van der Waals surface area contributed by atoms with Gasteiger partial charge in [-0.2, -0.15) is 5.10 Å². The van der Waals surface area contributed by atoms with E-state index in [0.717, 1.165) is 17.1 Å². The molecule has 0 aliphatic heterocycles. The minimum atomic E-state index is 0.0317. The fraction of sp³-hybridized carbons (Fsp3) is 0.231. The molecule has 0 amide bonds. The van der Waals surface area contributed by atoms with E-state index < -0.39 is 0 Å². The van der Waals surface area contributed by atoms with Crippen molar-refractivity contribution in [2.45, 2.75) is 13.8 Å². The van der Waals surface area contributed by atoms with Crippen LogP contribution in [0.25, 0.3) is 0 Å².